The first-order valence-electron chi connectivity index (χ1n) is 9.10. The Labute approximate surface area is 158 Å². The van der Waals surface area contributed by atoms with Gasteiger partial charge in [0.2, 0.25) is 0 Å². The normalized spacial score (nSPS) is 12.6. The molecular formula is C22H21N3O2. The van der Waals surface area contributed by atoms with Crippen LogP contribution in [0, 0.1) is 0 Å². The maximum Gasteiger partial charge on any atom is 0.258 e. The minimum absolute atomic E-state index is 0.00269. The summed E-state index contributed by atoms with van der Waals surface area (Å²) >= 11 is 0. The number of carbonyl (C=O) groups excluding carboxylic acids is 1. The second-order valence-corrected chi connectivity index (χ2v) is 6.35. The van der Waals surface area contributed by atoms with Crippen molar-refractivity contribution >= 4 is 23.1 Å². The standard InChI is InChI=1S/C22H21N3O2/c1-2-27-19-9-7-18(8-10-19)24-21-15-17(11-13-23-21)22(26)25-14-12-16-5-3-4-6-20(16)25/h3-11,13,15H,2,12,14H2,1H3,(H,23,24). The molecule has 0 saturated carbocycles. The number of hydrogen-bond acceptors (Lipinski definition) is 4. The zero-order valence-electron chi connectivity index (χ0n) is 15.2. The van der Waals surface area contributed by atoms with Gasteiger partial charge >= 0.3 is 0 Å². The smallest absolute Gasteiger partial charge is 0.258 e. The number of amides is 1. The van der Waals surface area contributed by atoms with Crippen molar-refractivity contribution in [2.45, 2.75) is 13.3 Å². The second kappa shape index (κ2) is 7.50. The fourth-order valence-electron chi connectivity index (χ4n) is 3.29. The van der Waals surface area contributed by atoms with Crippen molar-refractivity contribution in [3.63, 3.8) is 0 Å². The van der Waals surface area contributed by atoms with Gasteiger partial charge in [0.05, 0.1) is 6.61 Å². The number of carbonyl (C=O) groups is 1. The molecule has 1 N–H and O–H groups in total. The summed E-state index contributed by atoms with van der Waals surface area (Å²) in [5.74, 6) is 1.46. The predicted octanol–water partition coefficient (Wildman–Crippen LogP) is 4.43. The molecule has 2 heterocycles. The van der Waals surface area contributed by atoms with Crippen molar-refractivity contribution in [1.29, 1.82) is 0 Å². The molecule has 0 spiro atoms. The number of benzene rings is 2. The molecule has 0 bridgehead atoms. The summed E-state index contributed by atoms with van der Waals surface area (Å²) in [5, 5.41) is 3.24. The average molecular weight is 359 g/mol. The molecule has 1 amide bonds. The third-order valence-electron chi connectivity index (χ3n) is 4.58. The maximum absolute atomic E-state index is 13.0. The van der Waals surface area contributed by atoms with Gasteiger partial charge < -0.3 is 15.0 Å². The fraction of sp³-hybridized carbons (Fsp3) is 0.182. The molecule has 0 saturated heterocycles. The largest absolute Gasteiger partial charge is 0.494 e. The zero-order valence-corrected chi connectivity index (χ0v) is 15.2. The molecule has 1 aromatic heterocycles. The number of ether oxygens (including phenoxy) is 1. The van der Waals surface area contributed by atoms with Crippen LogP contribution in [0.15, 0.2) is 66.9 Å². The average Bonchev–Trinajstić information content (AvgIpc) is 3.13. The quantitative estimate of drug-likeness (QED) is 0.732. The van der Waals surface area contributed by atoms with E-state index in [0.29, 0.717) is 24.5 Å². The molecule has 27 heavy (non-hydrogen) atoms. The number of para-hydroxylation sites is 1. The number of anilines is 3. The number of nitrogens with zero attached hydrogens (tertiary/aromatic N) is 2. The van der Waals surface area contributed by atoms with Crippen LogP contribution in [0.3, 0.4) is 0 Å². The van der Waals surface area contributed by atoms with Crippen LogP contribution in [0.4, 0.5) is 17.2 Å². The number of hydrogen-bond donors (Lipinski definition) is 1. The van der Waals surface area contributed by atoms with E-state index in [0.717, 1.165) is 23.5 Å². The summed E-state index contributed by atoms with van der Waals surface area (Å²) in [5.41, 5.74) is 3.73. The number of aromatic nitrogens is 1. The summed E-state index contributed by atoms with van der Waals surface area (Å²) in [6, 6.07) is 19.3. The van der Waals surface area contributed by atoms with Crippen molar-refractivity contribution in [3.05, 3.63) is 78.0 Å². The molecule has 0 unspecified atom stereocenters. The number of rotatable bonds is 5. The minimum atomic E-state index is -0.00269. The van der Waals surface area contributed by atoms with E-state index in [9.17, 15) is 4.79 Å². The van der Waals surface area contributed by atoms with Gasteiger partial charge in [-0.1, -0.05) is 18.2 Å². The van der Waals surface area contributed by atoms with E-state index < -0.39 is 0 Å². The van der Waals surface area contributed by atoms with Gasteiger partial charge in [0.15, 0.2) is 0 Å². The van der Waals surface area contributed by atoms with E-state index in [1.54, 1.807) is 18.3 Å². The lowest BCUT2D eigenvalue weighted by atomic mass is 10.1. The lowest BCUT2D eigenvalue weighted by Gasteiger charge is -2.17. The van der Waals surface area contributed by atoms with Gasteiger partial charge in [-0.3, -0.25) is 4.79 Å². The number of pyridine rings is 1. The van der Waals surface area contributed by atoms with Crippen LogP contribution in [0.25, 0.3) is 0 Å². The molecule has 3 aromatic rings. The molecule has 1 aliphatic rings. The van der Waals surface area contributed by atoms with Crippen LogP contribution in [0.1, 0.15) is 22.8 Å². The Morgan fingerprint density at radius 1 is 1.15 bits per heavy atom. The third kappa shape index (κ3) is 3.62. The van der Waals surface area contributed by atoms with E-state index in [1.807, 2.05) is 54.3 Å². The molecule has 5 nitrogen and oxygen atoms in total. The lowest BCUT2D eigenvalue weighted by Crippen LogP contribution is -2.28. The Kier molecular flexibility index (Phi) is 4.75. The van der Waals surface area contributed by atoms with Gasteiger partial charge in [-0.05, 0) is 61.4 Å². The Hall–Kier alpha value is -3.34. The summed E-state index contributed by atoms with van der Waals surface area (Å²) in [6.07, 6.45) is 2.55. The van der Waals surface area contributed by atoms with Crippen LogP contribution in [0.5, 0.6) is 5.75 Å². The Morgan fingerprint density at radius 2 is 1.96 bits per heavy atom. The van der Waals surface area contributed by atoms with Crippen molar-refractivity contribution in [2.75, 3.05) is 23.4 Å². The highest BCUT2D eigenvalue weighted by atomic mass is 16.5. The highest BCUT2D eigenvalue weighted by Crippen LogP contribution is 2.29. The van der Waals surface area contributed by atoms with Crippen LogP contribution < -0.4 is 15.0 Å². The van der Waals surface area contributed by atoms with E-state index >= 15 is 0 Å². The second-order valence-electron chi connectivity index (χ2n) is 6.35. The van der Waals surface area contributed by atoms with Crippen LogP contribution >= 0.6 is 0 Å². The Balaban J connectivity index is 1.52. The first-order chi connectivity index (χ1) is 13.2. The lowest BCUT2D eigenvalue weighted by molar-refractivity contribution is 0.0989. The van der Waals surface area contributed by atoms with E-state index in [-0.39, 0.29) is 5.91 Å². The van der Waals surface area contributed by atoms with Crippen molar-refractivity contribution in [1.82, 2.24) is 4.98 Å². The molecular weight excluding hydrogens is 338 g/mol. The monoisotopic (exact) mass is 359 g/mol. The molecule has 0 fully saturated rings. The van der Waals surface area contributed by atoms with Crippen LogP contribution in [-0.2, 0) is 6.42 Å². The van der Waals surface area contributed by atoms with Gasteiger partial charge in [0, 0.05) is 29.7 Å². The Morgan fingerprint density at radius 3 is 2.78 bits per heavy atom. The summed E-state index contributed by atoms with van der Waals surface area (Å²) < 4.78 is 5.45. The number of nitrogens with one attached hydrogen (secondary N) is 1. The molecule has 1 aliphatic heterocycles. The summed E-state index contributed by atoms with van der Waals surface area (Å²) in [6.45, 7) is 3.30. The molecule has 5 heteroatoms. The van der Waals surface area contributed by atoms with E-state index in [2.05, 4.69) is 16.4 Å². The summed E-state index contributed by atoms with van der Waals surface area (Å²) in [4.78, 5) is 19.2. The van der Waals surface area contributed by atoms with Crippen LogP contribution in [-0.4, -0.2) is 24.0 Å². The van der Waals surface area contributed by atoms with Gasteiger partial charge in [-0.25, -0.2) is 4.98 Å². The highest BCUT2D eigenvalue weighted by Gasteiger charge is 2.25. The fourth-order valence-corrected chi connectivity index (χ4v) is 3.29. The molecule has 4 rings (SSSR count). The maximum atomic E-state index is 13.0. The van der Waals surface area contributed by atoms with Crippen molar-refractivity contribution < 1.29 is 9.53 Å². The highest BCUT2D eigenvalue weighted by molar-refractivity contribution is 6.07. The minimum Gasteiger partial charge on any atom is -0.494 e. The number of fused-ring (bicyclic) bond motifs is 1. The molecule has 0 atom stereocenters. The Bertz CT molecular complexity index is 954. The van der Waals surface area contributed by atoms with Crippen molar-refractivity contribution in [3.8, 4) is 5.75 Å². The first-order valence-corrected chi connectivity index (χ1v) is 9.10. The SMILES string of the molecule is CCOc1ccc(Nc2cc(C(=O)N3CCc4ccccc43)ccn2)cc1. The van der Waals surface area contributed by atoms with Gasteiger partial charge in [-0.2, -0.15) is 0 Å². The van der Waals surface area contributed by atoms with Crippen LogP contribution in [0.2, 0.25) is 0 Å². The van der Waals surface area contributed by atoms with Gasteiger partial charge in [-0.15, -0.1) is 0 Å². The molecule has 2 aromatic carbocycles. The molecule has 0 radical (unpaired) electrons. The van der Waals surface area contributed by atoms with E-state index in [1.165, 1.54) is 5.56 Å². The van der Waals surface area contributed by atoms with Gasteiger partial charge in [0.1, 0.15) is 11.6 Å². The predicted molar refractivity (Wildman–Crippen MR) is 107 cm³/mol. The topological polar surface area (TPSA) is 54.5 Å². The zero-order chi connectivity index (χ0) is 18.6. The molecule has 136 valence electrons. The summed E-state index contributed by atoms with van der Waals surface area (Å²) in [7, 11) is 0. The van der Waals surface area contributed by atoms with Gasteiger partial charge in [0.25, 0.3) is 5.91 Å². The first kappa shape index (κ1) is 17.1. The third-order valence-corrected chi connectivity index (χ3v) is 4.58. The molecule has 0 aliphatic carbocycles. The van der Waals surface area contributed by atoms with E-state index in [4.69, 9.17) is 4.74 Å². The van der Waals surface area contributed by atoms with Crippen molar-refractivity contribution in [2.24, 2.45) is 0 Å².